The van der Waals surface area contributed by atoms with Gasteiger partial charge in [-0.05, 0) is 80.1 Å². The molecule has 2 N–H and O–H groups in total. The van der Waals surface area contributed by atoms with Gasteiger partial charge < -0.3 is 29.3 Å². The highest BCUT2D eigenvalue weighted by atomic mass is 19.1. The standard InChI is InChI=1S/C39H47F2N5O5/c1-4-26-29(40)9-8-24-15-25(47)16-27(31(24)26)33-32(41)34-28(17-42-33)35(46-13-14-49-22-38(3,48)19-46)44-36(43-34)51-23-39-10-5-7-30(39)45(12-6-11-39)18-37(2)20-50-21-37/h8-9,15-17,30,47-48H,4-7,10-14,18-23H2,1-3H3/t30?,38-,39?/m0/s1. The van der Waals surface area contributed by atoms with E-state index in [4.69, 9.17) is 24.2 Å². The second-order valence-corrected chi connectivity index (χ2v) is 15.9. The molecule has 0 radical (unpaired) electrons. The van der Waals surface area contributed by atoms with Gasteiger partial charge in [0.2, 0.25) is 0 Å². The number of benzene rings is 2. The molecule has 0 bridgehead atoms. The van der Waals surface area contributed by atoms with Crippen LogP contribution in [0.4, 0.5) is 14.6 Å². The second-order valence-electron chi connectivity index (χ2n) is 15.9. The third-order valence-corrected chi connectivity index (χ3v) is 11.5. The summed E-state index contributed by atoms with van der Waals surface area (Å²) in [5.74, 6) is -0.829. The van der Waals surface area contributed by atoms with Crippen LogP contribution in [-0.2, 0) is 15.9 Å². The molecule has 272 valence electrons. The Balaban J connectivity index is 1.22. The van der Waals surface area contributed by atoms with Gasteiger partial charge in [0, 0.05) is 41.7 Å². The highest BCUT2D eigenvalue weighted by Gasteiger charge is 2.50. The average Bonchev–Trinajstić information content (AvgIpc) is 3.44. The van der Waals surface area contributed by atoms with E-state index < -0.39 is 17.2 Å². The minimum absolute atomic E-state index is 0.000552. The molecule has 3 aliphatic heterocycles. The summed E-state index contributed by atoms with van der Waals surface area (Å²) in [7, 11) is 0. The first kappa shape index (κ1) is 34.4. The maximum absolute atomic E-state index is 17.1. The van der Waals surface area contributed by atoms with Gasteiger partial charge in [0.15, 0.2) is 5.82 Å². The zero-order valence-corrected chi connectivity index (χ0v) is 29.7. The molecule has 2 unspecified atom stereocenters. The number of phenols is 1. The van der Waals surface area contributed by atoms with Gasteiger partial charge in [-0.15, -0.1) is 0 Å². The van der Waals surface area contributed by atoms with Crippen LogP contribution in [0.2, 0.25) is 0 Å². The van der Waals surface area contributed by atoms with Gasteiger partial charge >= 0.3 is 6.01 Å². The van der Waals surface area contributed by atoms with E-state index >= 15 is 8.78 Å². The summed E-state index contributed by atoms with van der Waals surface area (Å²) in [5, 5.41) is 23.2. The van der Waals surface area contributed by atoms with Gasteiger partial charge in [-0.1, -0.05) is 26.3 Å². The lowest BCUT2D eigenvalue weighted by Crippen LogP contribution is -2.57. The Hall–Kier alpha value is -3.71. The molecule has 2 aromatic heterocycles. The zero-order valence-electron chi connectivity index (χ0n) is 29.7. The average molecular weight is 704 g/mol. The number of fused-ring (bicyclic) bond motifs is 3. The number of aromatic hydroxyl groups is 1. The van der Waals surface area contributed by atoms with Crippen molar-refractivity contribution < 1.29 is 33.2 Å². The lowest BCUT2D eigenvalue weighted by atomic mass is 9.74. The second kappa shape index (κ2) is 13.1. The van der Waals surface area contributed by atoms with E-state index in [1.54, 1.807) is 13.0 Å². The third-order valence-electron chi connectivity index (χ3n) is 11.5. The Morgan fingerprint density at radius 1 is 1.04 bits per heavy atom. The number of anilines is 1. The number of phenolic OH excluding ortho intramolecular Hbond substituents is 1. The molecule has 10 nitrogen and oxygen atoms in total. The highest BCUT2D eigenvalue weighted by molar-refractivity contribution is 6.01. The molecule has 1 saturated carbocycles. The predicted molar refractivity (Wildman–Crippen MR) is 190 cm³/mol. The number of pyridine rings is 1. The van der Waals surface area contributed by atoms with Crippen molar-refractivity contribution in [2.75, 3.05) is 64.1 Å². The number of likely N-dealkylation sites (tertiary alicyclic amines) is 1. The lowest BCUT2D eigenvalue weighted by Gasteiger charge is -2.50. The molecule has 1 aliphatic carbocycles. The van der Waals surface area contributed by atoms with Crippen LogP contribution in [0.5, 0.6) is 11.8 Å². The van der Waals surface area contributed by atoms with E-state index in [0.717, 1.165) is 58.4 Å². The number of nitrogens with zero attached hydrogens (tertiary/aromatic N) is 5. The largest absolute Gasteiger partial charge is 0.508 e. The van der Waals surface area contributed by atoms with Gasteiger partial charge in [0.1, 0.15) is 34.2 Å². The van der Waals surface area contributed by atoms with E-state index in [-0.39, 0.29) is 52.5 Å². The quantitative estimate of drug-likeness (QED) is 0.226. The van der Waals surface area contributed by atoms with Crippen LogP contribution < -0.4 is 9.64 Å². The first-order valence-corrected chi connectivity index (χ1v) is 18.3. The molecular formula is C39H47F2N5O5. The van der Waals surface area contributed by atoms with Gasteiger partial charge in [-0.25, -0.2) is 8.78 Å². The van der Waals surface area contributed by atoms with Crippen molar-refractivity contribution in [1.82, 2.24) is 19.9 Å². The van der Waals surface area contributed by atoms with E-state index in [0.29, 0.717) is 59.8 Å². The molecule has 5 heterocycles. The first-order valence-electron chi connectivity index (χ1n) is 18.3. The number of piperidine rings is 1. The smallest absolute Gasteiger partial charge is 0.319 e. The SMILES string of the molecule is CCc1c(F)ccc2cc(O)cc(-c3ncc4c(N5CCOC[C@@](C)(O)C5)nc(OCC56CCCC5N(CC5(C)COC5)CCC6)nc4c3F)c12. The Bertz CT molecular complexity index is 1970. The summed E-state index contributed by atoms with van der Waals surface area (Å²) in [6, 6.07) is 6.33. The Morgan fingerprint density at radius 2 is 1.86 bits per heavy atom. The van der Waals surface area contributed by atoms with Crippen molar-refractivity contribution >= 4 is 27.5 Å². The fraction of sp³-hybridized carbons (Fsp3) is 0.564. The number of rotatable bonds is 8. The van der Waals surface area contributed by atoms with Gasteiger partial charge in [0.05, 0.1) is 45.0 Å². The van der Waals surface area contributed by atoms with Crippen LogP contribution in [0.25, 0.3) is 32.9 Å². The van der Waals surface area contributed by atoms with Gasteiger partial charge in [0.25, 0.3) is 0 Å². The van der Waals surface area contributed by atoms with Gasteiger partial charge in [-0.2, -0.15) is 9.97 Å². The fourth-order valence-corrected chi connectivity index (χ4v) is 9.17. The molecule has 51 heavy (non-hydrogen) atoms. The summed E-state index contributed by atoms with van der Waals surface area (Å²) in [5.41, 5.74) is -0.444. The van der Waals surface area contributed by atoms with Crippen LogP contribution in [0.3, 0.4) is 0 Å². The van der Waals surface area contributed by atoms with Crippen molar-refractivity contribution in [1.29, 1.82) is 0 Å². The van der Waals surface area contributed by atoms with Crippen molar-refractivity contribution in [3.05, 3.63) is 47.7 Å². The molecule has 4 aromatic rings. The molecule has 2 aromatic carbocycles. The monoisotopic (exact) mass is 703 g/mol. The van der Waals surface area contributed by atoms with Crippen LogP contribution in [-0.4, -0.2) is 101 Å². The van der Waals surface area contributed by atoms with Crippen molar-refractivity contribution in [3.8, 4) is 23.0 Å². The lowest BCUT2D eigenvalue weighted by molar-refractivity contribution is -0.130. The normalized spacial score (nSPS) is 26.6. The molecule has 3 atom stereocenters. The minimum Gasteiger partial charge on any atom is -0.508 e. The number of hydrogen-bond donors (Lipinski definition) is 2. The van der Waals surface area contributed by atoms with E-state index in [1.165, 1.54) is 24.4 Å². The summed E-state index contributed by atoms with van der Waals surface area (Å²) in [6.45, 7) is 11.0. The first-order chi connectivity index (χ1) is 24.5. The Kier molecular flexibility index (Phi) is 8.80. The summed E-state index contributed by atoms with van der Waals surface area (Å²) >= 11 is 0. The summed E-state index contributed by atoms with van der Waals surface area (Å²) < 4.78 is 50.0. The van der Waals surface area contributed by atoms with Crippen molar-refractivity contribution in [3.63, 3.8) is 0 Å². The van der Waals surface area contributed by atoms with Crippen molar-refractivity contribution in [2.45, 2.75) is 70.9 Å². The maximum Gasteiger partial charge on any atom is 0.319 e. The topological polar surface area (TPSA) is 113 Å². The summed E-state index contributed by atoms with van der Waals surface area (Å²) in [4.78, 5) is 18.7. The molecule has 3 saturated heterocycles. The third kappa shape index (κ3) is 6.28. The highest BCUT2D eigenvalue weighted by Crippen LogP contribution is 2.49. The molecule has 4 aliphatic rings. The molecule has 12 heteroatoms. The molecular weight excluding hydrogens is 656 g/mol. The number of aromatic nitrogens is 3. The number of hydrogen-bond acceptors (Lipinski definition) is 10. The van der Waals surface area contributed by atoms with E-state index in [2.05, 4.69) is 16.8 Å². The van der Waals surface area contributed by atoms with Gasteiger partial charge in [-0.3, -0.25) is 9.88 Å². The van der Waals surface area contributed by atoms with E-state index in [1.807, 2.05) is 11.8 Å². The zero-order chi connectivity index (χ0) is 35.5. The number of halogens is 2. The summed E-state index contributed by atoms with van der Waals surface area (Å²) in [6.07, 6.45) is 7.26. The number of aryl methyl sites for hydroxylation is 1. The van der Waals surface area contributed by atoms with E-state index in [9.17, 15) is 10.2 Å². The maximum atomic E-state index is 17.1. The minimum atomic E-state index is -1.18. The number of β-amino-alcohol motifs (C(OH)–C–C–N with tert-alkyl or cyclic N) is 1. The Labute approximate surface area is 296 Å². The van der Waals surface area contributed by atoms with Crippen LogP contribution in [0.15, 0.2) is 30.5 Å². The van der Waals surface area contributed by atoms with Crippen LogP contribution in [0, 0.1) is 22.5 Å². The molecule has 4 fully saturated rings. The molecule has 0 amide bonds. The number of aliphatic hydroxyl groups is 1. The fourth-order valence-electron chi connectivity index (χ4n) is 9.17. The molecule has 0 spiro atoms. The Morgan fingerprint density at radius 3 is 2.65 bits per heavy atom. The van der Waals surface area contributed by atoms with Crippen LogP contribution >= 0.6 is 0 Å². The predicted octanol–water partition coefficient (Wildman–Crippen LogP) is 6.03. The van der Waals surface area contributed by atoms with Crippen molar-refractivity contribution in [2.24, 2.45) is 10.8 Å². The number of ether oxygens (including phenoxy) is 3. The molecule has 8 rings (SSSR count). The van der Waals surface area contributed by atoms with Crippen LogP contribution in [0.1, 0.15) is 58.4 Å².